The molecule has 0 saturated carbocycles. The van der Waals surface area contributed by atoms with Crippen molar-refractivity contribution in [2.45, 2.75) is 4.90 Å². The van der Waals surface area contributed by atoms with Gasteiger partial charge in [0.25, 0.3) is 10.1 Å². The quantitative estimate of drug-likeness (QED) is 0.366. The number of benzene rings is 1. The van der Waals surface area contributed by atoms with Gasteiger partial charge in [-0.15, -0.1) is 0 Å². The van der Waals surface area contributed by atoms with Crippen molar-refractivity contribution in [3.05, 3.63) is 30.1 Å². The van der Waals surface area contributed by atoms with Crippen LogP contribution in [-0.4, -0.2) is 13.0 Å². The molecule has 1 N–H and O–H groups in total. The van der Waals surface area contributed by atoms with Crippen molar-refractivity contribution in [2.75, 3.05) is 0 Å². The van der Waals surface area contributed by atoms with Crippen molar-refractivity contribution >= 4 is 18.3 Å². The Morgan fingerprint density at radius 3 is 1.61 bits per heavy atom. The van der Waals surface area contributed by atoms with Crippen molar-refractivity contribution < 1.29 is 58.6 Å². The van der Waals surface area contributed by atoms with E-state index < -0.39 is 29.0 Å². The summed E-state index contributed by atoms with van der Waals surface area (Å²) in [5, 5.41) is 0. The largest absolute Gasteiger partial charge is 1.00 e. The summed E-state index contributed by atoms with van der Waals surface area (Å²) in [6, 6.07) is 4.62. The fourth-order valence-electron chi connectivity index (χ4n) is 0.654. The fraction of sp³-hybridized carbons (Fsp3) is 0. The molecule has 12 heteroatoms. The van der Waals surface area contributed by atoms with Crippen LogP contribution in [0.3, 0.4) is 0 Å². The van der Waals surface area contributed by atoms with Crippen molar-refractivity contribution in [1.82, 2.24) is 0 Å². The summed E-state index contributed by atoms with van der Waals surface area (Å²) in [4.78, 5) is -0.694. The second-order valence-corrected chi connectivity index (χ2v) is 5.21. The average Bonchev–Trinajstić information content (AvgIpc) is 1.97. The van der Waals surface area contributed by atoms with E-state index >= 15 is 0 Å². The minimum absolute atomic E-state index is 0. The summed E-state index contributed by atoms with van der Waals surface area (Å²) in [6.07, 6.45) is 0. The van der Waals surface area contributed by atoms with Gasteiger partial charge in [-0.25, -0.2) is 4.39 Å². The van der Waals surface area contributed by atoms with E-state index in [1.165, 1.54) is 12.1 Å². The van der Waals surface area contributed by atoms with Gasteiger partial charge in [0.05, 0.1) is 0 Å². The van der Waals surface area contributed by atoms with E-state index in [4.69, 9.17) is 4.55 Å². The summed E-state index contributed by atoms with van der Waals surface area (Å²) >= 11 is 0. The van der Waals surface area contributed by atoms with E-state index in [2.05, 4.69) is 0 Å². The van der Waals surface area contributed by atoms with Gasteiger partial charge in [-0.1, -0.05) is 12.1 Å². The molecule has 1 rings (SSSR count). The Morgan fingerprint density at radius 1 is 1.06 bits per heavy atom. The molecule has 0 radical (unpaired) electrons. The maximum Gasteiger partial charge on any atom is 1.00 e. The maximum absolute atomic E-state index is 12.5. The Labute approximate surface area is 112 Å². The van der Waals surface area contributed by atoms with E-state index in [0.29, 0.717) is 0 Å². The third kappa shape index (κ3) is 12.2. The van der Waals surface area contributed by atoms with Crippen LogP contribution in [0.4, 0.5) is 25.4 Å². The maximum atomic E-state index is 12.5. The SMILES string of the molecule is FP(F)(F)(F)F.O=S(=O)(O)c1ccccc1F.[H-].[Li+]. The zero-order chi connectivity index (χ0) is 13.9. The van der Waals surface area contributed by atoms with Crippen molar-refractivity contribution in [3.8, 4) is 0 Å². The van der Waals surface area contributed by atoms with Gasteiger partial charge in [0.2, 0.25) is 0 Å². The van der Waals surface area contributed by atoms with E-state index in [-0.39, 0.29) is 20.3 Å². The molecule has 0 aliphatic rings. The smallest absolute Gasteiger partial charge is 1.00 e. The summed E-state index contributed by atoms with van der Waals surface area (Å²) in [5.41, 5.74) is 0. The topological polar surface area (TPSA) is 54.4 Å². The third-order valence-corrected chi connectivity index (χ3v) is 2.00. The summed E-state index contributed by atoms with van der Waals surface area (Å²) in [5.74, 6) is -0.949. The first kappa shape index (κ1) is 20.1. The molecular formula is C6H6F6LiO3PS. The standard InChI is InChI=1S/C6H5FO3S.F5P.Li.H/c7-5-3-1-2-4-6(5)11(8,9)10;1-6(2,3,4)5;;/h1-4H,(H,8,9,10);;;/q;;+1;-1. The normalized spacial score (nSPS) is 13.4. The summed E-state index contributed by atoms with van der Waals surface area (Å²) in [7, 11) is -13.0. The van der Waals surface area contributed by atoms with Crippen LogP contribution in [0.2, 0.25) is 0 Å². The Bertz CT molecular complexity index is 488. The van der Waals surface area contributed by atoms with Crippen molar-refractivity contribution in [2.24, 2.45) is 0 Å². The zero-order valence-corrected chi connectivity index (χ0v) is 10.4. The predicted molar refractivity (Wildman–Crippen MR) is 49.8 cm³/mol. The molecule has 0 unspecified atom stereocenters. The van der Waals surface area contributed by atoms with Gasteiger partial charge in [-0.2, -0.15) is 8.42 Å². The van der Waals surface area contributed by atoms with Gasteiger partial charge in [-0.05, 0) is 12.1 Å². The molecule has 0 heterocycles. The molecule has 0 aliphatic carbocycles. The monoisotopic (exact) mass is 310 g/mol. The Balaban J connectivity index is -0.000000282. The first-order valence-corrected chi connectivity index (χ1v) is 6.71. The van der Waals surface area contributed by atoms with E-state index in [1.54, 1.807) is 0 Å². The van der Waals surface area contributed by atoms with Crippen LogP contribution in [0.1, 0.15) is 1.43 Å². The summed E-state index contributed by atoms with van der Waals surface area (Å²) < 4.78 is 90.9. The molecule has 102 valence electrons. The molecule has 0 fully saturated rings. The zero-order valence-electron chi connectivity index (χ0n) is 9.70. The Morgan fingerprint density at radius 2 is 1.39 bits per heavy atom. The van der Waals surface area contributed by atoms with Gasteiger partial charge >= 0.3 is 48.0 Å². The van der Waals surface area contributed by atoms with Crippen LogP contribution in [0.5, 0.6) is 0 Å². The Kier molecular flexibility index (Phi) is 6.98. The number of halogens is 6. The molecule has 0 spiro atoms. The number of hydrogen-bond acceptors (Lipinski definition) is 2. The molecule has 1 aromatic rings. The molecule has 0 atom stereocenters. The van der Waals surface area contributed by atoms with Gasteiger partial charge in [0.1, 0.15) is 10.7 Å². The minimum Gasteiger partial charge on any atom is -1.00 e. The molecule has 18 heavy (non-hydrogen) atoms. The molecule has 0 aromatic heterocycles. The molecule has 0 aliphatic heterocycles. The number of hydrogen-bond donors (Lipinski definition) is 1. The summed E-state index contributed by atoms with van der Waals surface area (Å²) in [6.45, 7) is 0. The van der Waals surface area contributed by atoms with Gasteiger partial charge < -0.3 is 1.43 Å². The van der Waals surface area contributed by atoms with Gasteiger partial charge in [-0.3, -0.25) is 4.55 Å². The number of rotatable bonds is 1. The second kappa shape index (κ2) is 6.26. The molecule has 1 aromatic carbocycles. The van der Waals surface area contributed by atoms with E-state index in [0.717, 1.165) is 12.1 Å². The van der Waals surface area contributed by atoms with Crippen LogP contribution < -0.4 is 18.9 Å². The van der Waals surface area contributed by atoms with Crippen LogP contribution in [0.25, 0.3) is 0 Å². The van der Waals surface area contributed by atoms with Crippen LogP contribution in [0, 0.1) is 5.82 Å². The van der Waals surface area contributed by atoms with Gasteiger partial charge in [0.15, 0.2) is 0 Å². The van der Waals surface area contributed by atoms with E-state index in [1.807, 2.05) is 0 Å². The molecule has 0 amide bonds. The third-order valence-electron chi connectivity index (χ3n) is 1.11. The second-order valence-electron chi connectivity index (χ2n) is 2.54. The van der Waals surface area contributed by atoms with Crippen LogP contribution in [-0.2, 0) is 10.1 Å². The van der Waals surface area contributed by atoms with Crippen LogP contribution >= 0.6 is 8.16 Å². The average molecular weight is 310 g/mol. The first-order chi connectivity index (χ1) is 7.25. The van der Waals surface area contributed by atoms with Crippen LogP contribution in [0.15, 0.2) is 29.2 Å². The molecule has 3 nitrogen and oxygen atoms in total. The molecular weight excluding hydrogens is 304 g/mol. The van der Waals surface area contributed by atoms with Crippen molar-refractivity contribution in [3.63, 3.8) is 0 Å². The fourth-order valence-corrected chi connectivity index (χ4v) is 1.22. The minimum atomic E-state index is -8.55. The molecule has 0 bridgehead atoms. The van der Waals surface area contributed by atoms with Gasteiger partial charge in [0, 0.05) is 0 Å². The predicted octanol–water partition coefficient (Wildman–Crippen LogP) is 1.15. The van der Waals surface area contributed by atoms with Crippen molar-refractivity contribution in [1.29, 1.82) is 0 Å². The Hall–Kier alpha value is -0.263. The van der Waals surface area contributed by atoms with E-state index in [9.17, 15) is 33.8 Å². The molecule has 0 saturated heterocycles. The first-order valence-electron chi connectivity index (χ1n) is 3.58.